The van der Waals surface area contributed by atoms with Crippen LogP contribution in [-0.2, 0) is 11.3 Å². The first kappa shape index (κ1) is 21.8. The Hall–Kier alpha value is -1.86. The van der Waals surface area contributed by atoms with Crippen LogP contribution in [0, 0.1) is 17.6 Å². The van der Waals surface area contributed by atoms with E-state index in [-0.39, 0.29) is 24.7 Å². The molecule has 0 radical (unpaired) electrons. The fourth-order valence-electron chi connectivity index (χ4n) is 3.69. The number of aromatic nitrogens is 1. The number of hydrogen-bond donors (Lipinski definition) is 1. The van der Waals surface area contributed by atoms with Crippen molar-refractivity contribution >= 4 is 0 Å². The van der Waals surface area contributed by atoms with Crippen molar-refractivity contribution in [2.45, 2.75) is 57.7 Å². The summed E-state index contributed by atoms with van der Waals surface area (Å²) >= 11 is 0. The first-order valence-electron chi connectivity index (χ1n) is 10.4. The van der Waals surface area contributed by atoms with Crippen LogP contribution >= 0.6 is 0 Å². The lowest BCUT2D eigenvalue weighted by Gasteiger charge is -2.14. The second-order valence-electron chi connectivity index (χ2n) is 7.76. The molecule has 2 heterocycles. The van der Waals surface area contributed by atoms with Crippen molar-refractivity contribution in [2.24, 2.45) is 5.92 Å². The van der Waals surface area contributed by atoms with Gasteiger partial charge in [-0.05, 0) is 56.8 Å². The molecule has 29 heavy (non-hydrogen) atoms. The van der Waals surface area contributed by atoms with E-state index >= 15 is 0 Å². The summed E-state index contributed by atoms with van der Waals surface area (Å²) in [5.74, 6) is -0.579. The molecule has 2 atom stereocenters. The van der Waals surface area contributed by atoms with Gasteiger partial charge in [0.1, 0.15) is 29.8 Å². The normalized spacial score (nSPS) is 18.5. The lowest BCUT2D eigenvalue weighted by atomic mass is 9.96. The molecule has 1 aliphatic heterocycles. The van der Waals surface area contributed by atoms with Crippen LogP contribution in [0.2, 0.25) is 0 Å². The van der Waals surface area contributed by atoms with E-state index in [2.05, 4.69) is 10.3 Å². The third-order valence-electron chi connectivity index (χ3n) is 5.24. The number of halogens is 3. The van der Waals surface area contributed by atoms with Crippen LogP contribution in [0.25, 0.3) is 11.5 Å². The fourth-order valence-corrected chi connectivity index (χ4v) is 3.69. The van der Waals surface area contributed by atoms with E-state index in [1.807, 2.05) is 0 Å². The van der Waals surface area contributed by atoms with Crippen molar-refractivity contribution in [3.63, 3.8) is 0 Å². The highest BCUT2D eigenvalue weighted by molar-refractivity contribution is 5.53. The Balaban J connectivity index is 1.32. The van der Waals surface area contributed by atoms with Gasteiger partial charge in [0.05, 0.1) is 13.2 Å². The van der Waals surface area contributed by atoms with Crippen LogP contribution in [-0.4, -0.2) is 30.9 Å². The third-order valence-corrected chi connectivity index (χ3v) is 5.24. The highest BCUT2D eigenvalue weighted by atomic mass is 19.1. The molecule has 0 amide bonds. The van der Waals surface area contributed by atoms with E-state index in [0.717, 1.165) is 56.5 Å². The van der Waals surface area contributed by atoms with Gasteiger partial charge in [0.2, 0.25) is 5.89 Å². The Morgan fingerprint density at radius 1 is 1.17 bits per heavy atom. The van der Waals surface area contributed by atoms with E-state index < -0.39 is 17.8 Å². The smallest absolute Gasteiger partial charge is 0.226 e. The van der Waals surface area contributed by atoms with Crippen LogP contribution in [0.4, 0.5) is 13.2 Å². The molecule has 2 aromatic rings. The van der Waals surface area contributed by atoms with Crippen molar-refractivity contribution in [2.75, 3.05) is 19.7 Å². The second-order valence-corrected chi connectivity index (χ2v) is 7.76. The number of ether oxygens (including phenoxy) is 1. The SMILES string of the molecule is Fc1cc(F)cc(-c2nc(COCC(F)CCCCC3CCCCNC3)co2)c1. The zero-order chi connectivity index (χ0) is 20.5. The molecule has 1 saturated heterocycles. The number of rotatable bonds is 10. The van der Waals surface area contributed by atoms with Gasteiger partial charge < -0.3 is 14.5 Å². The van der Waals surface area contributed by atoms with Gasteiger partial charge in [-0.1, -0.05) is 19.3 Å². The Morgan fingerprint density at radius 2 is 2.00 bits per heavy atom. The summed E-state index contributed by atoms with van der Waals surface area (Å²) in [6.07, 6.45) is 7.72. The minimum absolute atomic E-state index is 0.00176. The van der Waals surface area contributed by atoms with E-state index in [4.69, 9.17) is 9.15 Å². The molecule has 4 nitrogen and oxygen atoms in total. The predicted octanol–water partition coefficient (Wildman–Crippen LogP) is 5.42. The van der Waals surface area contributed by atoms with Crippen LogP contribution < -0.4 is 5.32 Å². The minimum atomic E-state index is -1.01. The third kappa shape index (κ3) is 7.48. The molecular formula is C22H29F3N2O2. The number of hydrogen-bond acceptors (Lipinski definition) is 4. The maximum absolute atomic E-state index is 14.0. The predicted molar refractivity (Wildman–Crippen MR) is 105 cm³/mol. The second kappa shape index (κ2) is 11.4. The number of nitrogens with one attached hydrogen (secondary N) is 1. The monoisotopic (exact) mass is 410 g/mol. The molecule has 0 spiro atoms. The van der Waals surface area contributed by atoms with Crippen LogP contribution in [0.5, 0.6) is 0 Å². The van der Waals surface area contributed by atoms with Crippen molar-refractivity contribution in [3.05, 3.63) is 41.8 Å². The summed E-state index contributed by atoms with van der Waals surface area (Å²) in [4.78, 5) is 4.14. The topological polar surface area (TPSA) is 47.3 Å². The summed E-state index contributed by atoms with van der Waals surface area (Å²) in [6, 6.07) is 3.07. The van der Waals surface area contributed by atoms with E-state index in [9.17, 15) is 13.2 Å². The molecule has 0 saturated carbocycles. The molecule has 3 rings (SSSR count). The molecule has 7 heteroatoms. The molecule has 1 aromatic carbocycles. The molecule has 2 unspecified atom stereocenters. The minimum Gasteiger partial charge on any atom is -0.444 e. The van der Waals surface area contributed by atoms with E-state index in [1.54, 1.807) is 0 Å². The Kier molecular flexibility index (Phi) is 8.55. The lowest BCUT2D eigenvalue weighted by Crippen LogP contribution is -2.20. The zero-order valence-electron chi connectivity index (χ0n) is 16.6. The number of benzene rings is 1. The van der Waals surface area contributed by atoms with Crippen molar-refractivity contribution in [3.8, 4) is 11.5 Å². The summed E-state index contributed by atoms with van der Waals surface area (Å²) in [5, 5.41) is 3.46. The van der Waals surface area contributed by atoms with Crippen LogP contribution in [0.1, 0.15) is 50.6 Å². The average Bonchev–Trinajstić information content (AvgIpc) is 3.00. The molecule has 0 aliphatic carbocycles. The first-order chi connectivity index (χ1) is 14.1. The highest BCUT2D eigenvalue weighted by Gasteiger charge is 2.13. The Morgan fingerprint density at radius 3 is 2.83 bits per heavy atom. The standard InChI is InChI=1S/C22H29F3N2O2/c23-18(7-2-1-5-16-6-3-4-8-26-12-16)13-28-14-21-15-29-22(27-21)17-9-19(24)11-20(25)10-17/h9-11,15-16,18,26H,1-8,12-14H2. The summed E-state index contributed by atoms with van der Waals surface area (Å²) in [6.45, 7) is 2.30. The Bertz CT molecular complexity index is 725. The van der Waals surface area contributed by atoms with Crippen molar-refractivity contribution in [1.29, 1.82) is 0 Å². The van der Waals surface area contributed by atoms with Gasteiger partial charge in [-0.3, -0.25) is 0 Å². The largest absolute Gasteiger partial charge is 0.444 e. The van der Waals surface area contributed by atoms with E-state index in [0.29, 0.717) is 12.1 Å². The Labute approximate surface area is 169 Å². The number of alkyl halides is 1. The van der Waals surface area contributed by atoms with Gasteiger partial charge >= 0.3 is 0 Å². The van der Waals surface area contributed by atoms with Crippen molar-refractivity contribution in [1.82, 2.24) is 10.3 Å². The van der Waals surface area contributed by atoms with E-state index in [1.165, 1.54) is 25.5 Å². The molecular weight excluding hydrogens is 381 g/mol. The quantitative estimate of drug-likeness (QED) is 0.531. The molecule has 1 aromatic heterocycles. The maximum Gasteiger partial charge on any atom is 0.226 e. The summed E-state index contributed by atoms with van der Waals surface area (Å²) in [7, 11) is 0. The van der Waals surface area contributed by atoms with Crippen LogP contribution in [0.3, 0.4) is 0 Å². The van der Waals surface area contributed by atoms with Crippen LogP contribution in [0.15, 0.2) is 28.9 Å². The zero-order valence-corrected chi connectivity index (χ0v) is 16.6. The van der Waals surface area contributed by atoms with Gasteiger partial charge in [-0.25, -0.2) is 18.2 Å². The maximum atomic E-state index is 14.0. The average molecular weight is 410 g/mol. The molecule has 0 bridgehead atoms. The van der Waals surface area contributed by atoms with Gasteiger partial charge in [0, 0.05) is 11.6 Å². The number of nitrogens with zero attached hydrogens (tertiary/aromatic N) is 1. The first-order valence-corrected chi connectivity index (χ1v) is 10.4. The molecule has 1 N–H and O–H groups in total. The van der Waals surface area contributed by atoms with Gasteiger partial charge in [-0.2, -0.15) is 0 Å². The number of oxazole rings is 1. The summed E-state index contributed by atoms with van der Waals surface area (Å²) < 4.78 is 51.2. The molecule has 1 fully saturated rings. The van der Waals surface area contributed by atoms with Gasteiger partial charge in [-0.15, -0.1) is 0 Å². The van der Waals surface area contributed by atoms with Crippen molar-refractivity contribution < 1.29 is 22.3 Å². The highest BCUT2D eigenvalue weighted by Crippen LogP contribution is 2.22. The lowest BCUT2D eigenvalue weighted by molar-refractivity contribution is 0.0635. The van der Waals surface area contributed by atoms with Gasteiger partial charge in [0.15, 0.2) is 0 Å². The van der Waals surface area contributed by atoms with Gasteiger partial charge in [0.25, 0.3) is 0 Å². The number of unbranched alkanes of at least 4 members (excludes halogenated alkanes) is 1. The molecule has 160 valence electrons. The summed E-state index contributed by atoms with van der Waals surface area (Å²) in [5.41, 5.74) is 0.665. The molecule has 1 aliphatic rings. The fraction of sp³-hybridized carbons (Fsp3) is 0.591.